The van der Waals surface area contributed by atoms with Crippen LogP contribution in [0, 0.1) is 0 Å². The summed E-state index contributed by atoms with van der Waals surface area (Å²) >= 11 is 0. The van der Waals surface area contributed by atoms with Crippen molar-refractivity contribution in [2.24, 2.45) is 0 Å². The lowest BCUT2D eigenvalue weighted by atomic mass is 10.2. The molecule has 114 valence electrons. The van der Waals surface area contributed by atoms with Crippen LogP contribution in [0.2, 0.25) is 0 Å². The molecule has 1 aromatic carbocycles. The van der Waals surface area contributed by atoms with Gasteiger partial charge < -0.3 is 19.0 Å². The van der Waals surface area contributed by atoms with Crippen LogP contribution in [0.4, 0.5) is 0 Å². The van der Waals surface area contributed by atoms with Gasteiger partial charge in [0.05, 0.1) is 12.2 Å². The Hall–Kier alpha value is -1.40. The van der Waals surface area contributed by atoms with Gasteiger partial charge in [0.2, 0.25) is 0 Å². The van der Waals surface area contributed by atoms with Crippen molar-refractivity contribution in [2.75, 3.05) is 33.9 Å². The van der Waals surface area contributed by atoms with Crippen molar-refractivity contribution in [3.8, 4) is 0 Å². The van der Waals surface area contributed by atoms with Crippen LogP contribution in [0.1, 0.15) is 11.9 Å². The monoisotopic (exact) mass is 291 g/mol. The first-order valence-corrected chi connectivity index (χ1v) is 7.15. The van der Waals surface area contributed by atoms with Gasteiger partial charge >= 0.3 is 0 Å². The number of methoxy groups -OCH3 is 2. The second kappa shape index (κ2) is 6.15. The molecule has 0 radical (unpaired) electrons. The molecule has 2 heterocycles. The highest BCUT2D eigenvalue weighted by atomic mass is 16.5. The third-order valence-electron chi connectivity index (χ3n) is 4.10. The van der Waals surface area contributed by atoms with Gasteiger partial charge in [0.1, 0.15) is 17.4 Å². The SMILES string of the molecule is COC1CN(CC(O)c2cc3ccccc3o2)CC1OC. The Morgan fingerprint density at radius 1 is 1.24 bits per heavy atom. The minimum atomic E-state index is -0.648. The van der Waals surface area contributed by atoms with Crippen LogP contribution in [0.15, 0.2) is 34.7 Å². The van der Waals surface area contributed by atoms with Crippen molar-refractivity contribution in [3.05, 3.63) is 36.1 Å². The highest BCUT2D eigenvalue weighted by Crippen LogP contribution is 2.26. The van der Waals surface area contributed by atoms with Crippen LogP contribution in [-0.2, 0) is 9.47 Å². The third kappa shape index (κ3) is 2.96. The lowest BCUT2D eigenvalue weighted by Gasteiger charge is -2.18. The fraction of sp³-hybridized carbons (Fsp3) is 0.500. The lowest BCUT2D eigenvalue weighted by Crippen LogP contribution is -2.27. The lowest BCUT2D eigenvalue weighted by molar-refractivity contribution is -0.00461. The summed E-state index contributed by atoms with van der Waals surface area (Å²) in [6.07, 6.45) is -0.541. The number of hydrogen-bond acceptors (Lipinski definition) is 5. The Bertz CT molecular complexity index is 552. The first-order chi connectivity index (χ1) is 10.2. The van der Waals surface area contributed by atoms with Gasteiger partial charge in [-0.1, -0.05) is 18.2 Å². The molecule has 5 nitrogen and oxygen atoms in total. The number of benzene rings is 1. The van der Waals surface area contributed by atoms with Gasteiger partial charge in [-0.25, -0.2) is 0 Å². The van der Waals surface area contributed by atoms with Gasteiger partial charge in [-0.3, -0.25) is 4.90 Å². The van der Waals surface area contributed by atoms with Crippen LogP contribution in [-0.4, -0.2) is 56.1 Å². The Morgan fingerprint density at radius 2 is 1.90 bits per heavy atom. The topological polar surface area (TPSA) is 55.1 Å². The van der Waals surface area contributed by atoms with Crippen molar-refractivity contribution in [1.82, 2.24) is 4.90 Å². The van der Waals surface area contributed by atoms with E-state index in [1.807, 2.05) is 30.3 Å². The maximum atomic E-state index is 10.4. The maximum absolute atomic E-state index is 10.4. The second-order valence-corrected chi connectivity index (χ2v) is 5.47. The normalized spacial score (nSPS) is 24.7. The van der Waals surface area contributed by atoms with Crippen LogP contribution < -0.4 is 0 Å². The zero-order valence-electron chi connectivity index (χ0n) is 12.4. The van der Waals surface area contributed by atoms with Gasteiger partial charge in [-0.15, -0.1) is 0 Å². The van der Waals surface area contributed by atoms with Crippen molar-refractivity contribution < 1.29 is 19.0 Å². The third-order valence-corrected chi connectivity index (χ3v) is 4.10. The highest BCUT2D eigenvalue weighted by Gasteiger charge is 2.34. The Kier molecular flexibility index (Phi) is 4.26. The number of nitrogens with zero attached hydrogens (tertiary/aromatic N) is 1. The summed E-state index contributed by atoms with van der Waals surface area (Å²) in [5.74, 6) is 0.603. The van der Waals surface area contributed by atoms with E-state index in [0.29, 0.717) is 12.3 Å². The molecule has 0 saturated carbocycles. The van der Waals surface area contributed by atoms with Crippen molar-refractivity contribution >= 4 is 11.0 Å². The molecule has 1 N–H and O–H groups in total. The quantitative estimate of drug-likeness (QED) is 0.910. The first kappa shape index (κ1) is 14.5. The molecular formula is C16H21NO4. The summed E-state index contributed by atoms with van der Waals surface area (Å²) in [6.45, 7) is 2.03. The van der Waals surface area contributed by atoms with E-state index in [0.717, 1.165) is 24.1 Å². The van der Waals surface area contributed by atoms with E-state index in [9.17, 15) is 5.11 Å². The van der Waals surface area contributed by atoms with Gasteiger partial charge in [-0.2, -0.15) is 0 Å². The van der Waals surface area contributed by atoms with E-state index < -0.39 is 6.10 Å². The smallest absolute Gasteiger partial charge is 0.135 e. The van der Waals surface area contributed by atoms with E-state index in [1.54, 1.807) is 14.2 Å². The standard InChI is InChI=1S/C16H21NO4/c1-19-15-9-17(10-16(15)20-2)8-12(18)14-7-11-5-3-4-6-13(11)21-14/h3-7,12,15-16,18H,8-10H2,1-2H3. The van der Waals surface area contributed by atoms with Crippen molar-refractivity contribution in [3.63, 3.8) is 0 Å². The zero-order valence-corrected chi connectivity index (χ0v) is 12.4. The molecule has 1 saturated heterocycles. The molecule has 1 aliphatic rings. The summed E-state index contributed by atoms with van der Waals surface area (Å²) in [6, 6.07) is 9.67. The fourth-order valence-corrected chi connectivity index (χ4v) is 2.92. The maximum Gasteiger partial charge on any atom is 0.135 e. The van der Waals surface area contributed by atoms with Gasteiger partial charge in [0.15, 0.2) is 0 Å². The summed E-state index contributed by atoms with van der Waals surface area (Å²) < 4.78 is 16.5. The predicted molar refractivity (Wildman–Crippen MR) is 79.2 cm³/mol. The van der Waals surface area contributed by atoms with Gasteiger partial charge in [-0.05, 0) is 12.1 Å². The number of fused-ring (bicyclic) bond motifs is 1. The number of β-amino-alcohol motifs (C(OH)–C–C–N with tert-alkyl or cyclic N) is 1. The second-order valence-electron chi connectivity index (χ2n) is 5.47. The average molecular weight is 291 g/mol. The predicted octanol–water partition coefficient (Wildman–Crippen LogP) is 1.81. The Balaban J connectivity index is 1.67. The summed E-state index contributed by atoms with van der Waals surface area (Å²) in [5.41, 5.74) is 0.803. The Morgan fingerprint density at radius 3 is 2.52 bits per heavy atom. The number of para-hydroxylation sites is 1. The van der Waals surface area contributed by atoms with E-state index in [4.69, 9.17) is 13.9 Å². The fourth-order valence-electron chi connectivity index (χ4n) is 2.92. The number of likely N-dealkylation sites (tertiary alicyclic amines) is 1. The highest BCUT2D eigenvalue weighted by molar-refractivity contribution is 5.77. The summed E-state index contributed by atoms with van der Waals surface area (Å²) in [4.78, 5) is 2.14. The molecule has 0 spiro atoms. The molecular weight excluding hydrogens is 270 g/mol. The van der Waals surface area contributed by atoms with E-state index in [1.165, 1.54) is 0 Å². The summed E-state index contributed by atoms with van der Waals surface area (Å²) in [5, 5.41) is 11.4. The van der Waals surface area contributed by atoms with Gasteiger partial charge in [0, 0.05) is 39.2 Å². The molecule has 1 aliphatic heterocycles. The largest absolute Gasteiger partial charge is 0.458 e. The van der Waals surface area contributed by atoms with Crippen LogP contribution in [0.5, 0.6) is 0 Å². The van der Waals surface area contributed by atoms with E-state index in [-0.39, 0.29) is 12.2 Å². The van der Waals surface area contributed by atoms with Crippen LogP contribution >= 0.6 is 0 Å². The van der Waals surface area contributed by atoms with Gasteiger partial charge in [0.25, 0.3) is 0 Å². The van der Waals surface area contributed by atoms with Crippen LogP contribution in [0.25, 0.3) is 11.0 Å². The number of ether oxygens (including phenoxy) is 2. The minimum absolute atomic E-state index is 0.0536. The molecule has 3 unspecified atom stereocenters. The van der Waals surface area contributed by atoms with E-state index >= 15 is 0 Å². The molecule has 1 fully saturated rings. The molecule has 3 atom stereocenters. The molecule has 0 aliphatic carbocycles. The first-order valence-electron chi connectivity index (χ1n) is 7.15. The molecule has 1 aromatic heterocycles. The number of furan rings is 1. The van der Waals surface area contributed by atoms with Crippen molar-refractivity contribution in [1.29, 1.82) is 0 Å². The summed E-state index contributed by atoms with van der Waals surface area (Å²) in [7, 11) is 3.38. The number of aliphatic hydroxyl groups excluding tert-OH is 1. The number of aliphatic hydroxyl groups is 1. The number of rotatable bonds is 5. The van der Waals surface area contributed by atoms with Crippen LogP contribution in [0.3, 0.4) is 0 Å². The van der Waals surface area contributed by atoms with E-state index in [2.05, 4.69) is 4.90 Å². The minimum Gasteiger partial charge on any atom is -0.458 e. The molecule has 0 amide bonds. The zero-order chi connectivity index (χ0) is 14.8. The Labute approximate surface area is 124 Å². The average Bonchev–Trinajstić information content (AvgIpc) is 3.09. The number of hydrogen-bond donors (Lipinski definition) is 1. The molecule has 0 bridgehead atoms. The molecule has 5 heteroatoms. The molecule has 2 aromatic rings. The van der Waals surface area contributed by atoms with Crippen molar-refractivity contribution in [2.45, 2.75) is 18.3 Å². The molecule has 3 rings (SSSR count). The molecule has 21 heavy (non-hydrogen) atoms.